The third-order valence-electron chi connectivity index (χ3n) is 3.59. The van der Waals surface area contributed by atoms with Crippen LogP contribution >= 0.6 is 22.9 Å². The lowest BCUT2D eigenvalue weighted by Crippen LogP contribution is -1.93. The molecule has 126 valence electrons. The van der Waals surface area contributed by atoms with Crippen LogP contribution in [-0.4, -0.2) is 10.8 Å². The SMILES string of the molecule is Cc1cccc(Nc2nc(C)c(C(=O)/C=C/c3ccc(Cl)cc3)s2)c1. The number of halogens is 1. The van der Waals surface area contributed by atoms with Crippen LogP contribution in [-0.2, 0) is 0 Å². The summed E-state index contributed by atoms with van der Waals surface area (Å²) in [5.41, 5.74) is 3.79. The Morgan fingerprint density at radius 2 is 1.92 bits per heavy atom. The van der Waals surface area contributed by atoms with Crippen LogP contribution in [0.1, 0.15) is 26.5 Å². The third-order valence-corrected chi connectivity index (χ3v) is 4.93. The van der Waals surface area contributed by atoms with E-state index >= 15 is 0 Å². The first-order valence-corrected chi connectivity index (χ1v) is 9.00. The molecule has 0 fully saturated rings. The quantitative estimate of drug-likeness (QED) is 0.440. The lowest BCUT2D eigenvalue weighted by atomic mass is 10.2. The minimum absolute atomic E-state index is 0.0535. The zero-order valence-electron chi connectivity index (χ0n) is 13.9. The van der Waals surface area contributed by atoms with Crippen LogP contribution < -0.4 is 5.32 Å². The molecule has 0 bridgehead atoms. The van der Waals surface area contributed by atoms with Gasteiger partial charge in [0, 0.05) is 10.7 Å². The molecule has 0 aliphatic heterocycles. The monoisotopic (exact) mass is 368 g/mol. The second-order valence-electron chi connectivity index (χ2n) is 5.68. The van der Waals surface area contributed by atoms with Gasteiger partial charge in [0.15, 0.2) is 10.9 Å². The minimum Gasteiger partial charge on any atom is -0.332 e. The number of hydrogen-bond acceptors (Lipinski definition) is 4. The molecule has 0 aliphatic rings. The van der Waals surface area contributed by atoms with E-state index in [0.29, 0.717) is 15.0 Å². The van der Waals surface area contributed by atoms with Crippen molar-refractivity contribution < 1.29 is 4.79 Å². The molecule has 0 unspecified atom stereocenters. The zero-order chi connectivity index (χ0) is 17.8. The topological polar surface area (TPSA) is 42.0 Å². The van der Waals surface area contributed by atoms with Gasteiger partial charge >= 0.3 is 0 Å². The normalized spacial score (nSPS) is 11.0. The molecular weight excluding hydrogens is 352 g/mol. The summed E-state index contributed by atoms with van der Waals surface area (Å²) in [5.74, 6) is -0.0535. The molecular formula is C20H17ClN2OS. The van der Waals surface area contributed by atoms with E-state index < -0.39 is 0 Å². The van der Waals surface area contributed by atoms with Crippen LogP contribution in [0.2, 0.25) is 5.02 Å². The number of benzene rings is 2. The molecule has 0 saturated heterocycles. The lowest BCUT2D eigenvalue weighted by Gasteiger charge is -2.02. The molecule has 1 N–H and O–H groups in total. The molecule has 1 aromatic heterocycles. The number of nitrogens with one attached hydrogen (secondary N) is 1. The highest BCUT2D eigenvalue weighted by molar-refractivity contribution is 7.17. The number of allylic oxidation sites excluding steroid dienone is 1. The highest BCUT2D eigenvalue weighted by Crippen LogP contribution is 2.27. The van der Waals surface area contributed by atoms with Crippen LogP contribution in [0.5, 0.6) is 0 Å². The molecule has 0 spiro atoms. The van der Waals surface area contributed by atoms with Gasteiger partial charge in [-0.2, -0.15) is 0 Å². The molecule has 3 aromatic rings. The highest BCUT2D eigenvalue weighted by atomic mass is 35.5. The van der Waals surface area contributed by atoms with Gasteiger partial charge in [0.1, 0.15) is 0 Å². The molecule has 0 radical (unpaired) electrons. The average molecular weight is 369 g/mol. The summed E-state index contributed by atoms with van der Waals surface area (Å²) in [4.78, 5) is 17.6. The van der Waals surface area contributed by atoms with Crippen LogP contribution in [0, 0.1) is 13.8 Å². The van der Waals surface area contributed by atoms with Crippen LogP contribution in [0.25, 0.3) is 6.08 Å². The Balaban J connectivity index is 1.75. The Bertz CT molecular complexity index is 929. The summed E-state index contributed by atoms with van der Waals surface area (Å²) in [7, 11) is 0. The van der Waals surface area contributed by atoms with E-state index in [4.69, 9.17) is 11.6 Å². The van der Waals surface area contributed by atoms with Gasteiger partial charge in [0.25, 0.3) is 0 Å². The van der Waals surface area contributed by atoms with Crippen molar-refractivity contribution in [1.82, 2.24) is 4.98 Å². The summed E-state index contributed by atoms with van der Waals surface area (Å²) in [5, 5.41) is 4.65. The first-order valence-electron chi connectivity index (χ1n) is 7.80. The number of anilines is 2. The van der Waals surface area contributed by atoms with Gasteiger partial charge in [-0.1, -0.05) is 53.3 Å². The number of aromatic nitrogens is 1. The van der Waals surface area contributed by atoms with E-state index in [0.717, 1.165) is 16.9 Å². The predicted octanol–water partition coefficient (Wildman–Crippen LogP) is 6.05. The van der Waals surface area contributed by atoms with Crippen molar-refractivity contribution in [2.24, 2.45) is 0 Å². The third kappa shape index (κ3) is 4.56. The van der Waals surface area contributed by atoms with Gasteiger partial charge in [-0.25, -0.2) is 4.98 Å². The number of rotatable bonds is 5. The average Bonchev–Trinajstić information content (AvgIpc) is 2.94. The van der Waals surface area contributed by atoms with Gasteiger partial charge in [0.05, 0.1) is 10.6 Å². The Hall–Kier alpha value is -2.43. The molecule has 0 atom stereocenters. The van der Waals surface area contributed by atoms with E-state index in [1.165, 1.54) is 16.9 Å². The van der Waals surface area contributed by atoms with E-state index in [1.54, 1.807) is 24.3 Å². The van der Waals surface area contributed by atoms with Crippen LogP contribution in [0.4, 0.5) is 10.8 Å². The Morgan fingerprint density at radius 1 is 1.16 bits per heavy atom. The molecule has 3 rings (SSSR count). The van der Waals surface area contributed by atoms with Crippen molar-refractivity contribution >= 4 is 45.6 Å². The fourth-order valence-corrected chi connectivity index (χ4v) is 3.38. The van der Waals surface area contributed by atoms with E-state index in [9.17, 15) is 4.79 Å². The van der Waals surface area contributed by atoms with E-state index in [1.807, 2.05) is 50.2 Å². The summed E-state index contributed by atoms with van der Waals surface area (Å²) < 4.78 is 0. The summed E-state index contributed by atoms with van der Waals surface area (Å²) in [6.07, 6.45) is 3.35. The van der Waals surface area contributed by atoms with Gasteiger partial charge < -0.3 is 5.32 Å². The highest BCUT2D eigenvalue weighted by Gasteiger charge is 2.13. The zero-order valence-corrected chi connectivity index (χ0v) is 15.5. The van der Waals surface area contributed by atoms with Crippen LogP contribution in [0.3, 0.4) is 0 Å². The summed E-state index contributed by atoms with van der Waals surface area (Å²) >= 11 is 7.23. The standard InChI is InChI=1S/C20H17ClN2OS/c1-13-4-3-5-17(12-13)23-20-22-14(2)19(25-20)18(24)11-8-15-6-9-16(21)10-7-15/h3-12H,1-2H3,(H,22,23)/b11-8+. The van der Waals surface area contributed by atoms with E-state index in [-0.39, 0.29) is 5.78 Å². The molecule has 25 heavy (non-hydrogen) atoms. The maximum atomic E-state index is 12.5. The summed E-state index contributed by atoms with van der Waals surface area (Å²) in [6, 6.07) is 15.4. The maximum Gasteiger partial charge on any atom is 0.197 e. The van der Waals surface area contributed by atoms with Crippen molar-refractivity contribution in [3.8, 4) is 0 Å². The molecule has 0 saturated carbocycles. The molecule has 1 heterocycles. The Kier molecular flexibility index (Phi) is 5.31. The smallest absolute Gasteiger partial charge is 0.197 e. The first kappa shape index (κ1) is 17.4. The first-order chi connectivity index (χ1) is 12.0. The van der Waals surface area contributed by atoms with Gasteiger partial charge in [-0.15, -0.1) is 0 Å². The predicted molar refractivity (Wildman–Crippen MR) is 106 cm³/mol. The number of carbonyl (C=O) groups excluding carboxylic acids is 1. The largest absolute Gasteiger partial charge is 0.332 e. The Labute approximate surface area is 156 Å². The second kappa shape index (κ2) is 7.64. The molecule has 0 amide bonds. The number of ketones is 1. The van der Waals surface area contributed by atoms with Crippen LogP contribution in [0.15, 0.2) is 54.6 Å². The van der Waals surface area contributed by atoms with Crippen molar-refractivity contribution in [3.05, 3.63) is 81.3 Å². The second-order valence-corrected chi connectivity index (χ2v) is 7.11. The van der Waals surface area contributed by atoms with Crippen molar-refractivity contribution in [2.45, 2.75) is 13.8 Å². The number of hydrogen-bond donors (Lipinski definition) is 1. The molecule has 3 nitrogen and oxygen atoms in total. The number of aryl methyl sites for hydroxylation is 2. The fourth-order valence-electron chi connectivity index (χ4n) is 2.35. The van der Waals surface area contributed by atoms with Gasteiger partial charge in [-0.05, 0) is 55.3 Å². The van der Waals surface area contributed by atoms with E-state index in [2.05, 4.69) is 10.3 Å². The van der Waals surface area contributed by atoms with Gasteiger partial charge in [-0.3, -0.25) is 4.79 Å². The summed E-state index contributed by atoms with van der Waals surface area (Å²) in [6.45, 7) is 3.88. The molecule has 5 heteroatoms. The Morgan fingerprint density at radius 3 is 2.64 bits per heavy atom. The lowest BCUT2D eigenvalue weighted by molar-refractivity contribution is 0.105. The number of carbonyl (C=O) groups is 1. The van der Waals surface area contributed by atoms with Crippen molar-refractivity contribution in [2.75, 3.05) is 5.32 Å². The number of thiazole rings is 1. The van der Waals surface area contributed by atoms with Crippen molar-refractivity contribution in [1.29, 1.82) is 0 Å². The molecule has 2 aromatic carbocycles. The van der Waals surface area contributed by atoms with Gasteiger partial charge in [0.2, 0.25) is 0 Å². The molecule has 0 aliphatic carbocycles. The van der Waals surface area contributed by atoms with Crippen molar-refractivity contribution in [3.63, 3.8) is 0 Å². The number of nitrogens with zero attached hydrogens (tertiary/aromatic N) is 1. The fraction of sp³-hybridized carbons (Fsp3) is 0.100. The minimum atomic E-state index is -0.0535. The maximum absolute atomic E-state index is 12.5.